The molecule has 2 aliphatic rings. The maximum atomic E-state index is 13.1. The Balaban J connectivity index is 1.46. The molecule has 4 rings (SSSR count). The maximum absolute atomic E-state index is 13.1. The standard InChI is InChI=1S/C24H28FN/c1-3-21-22-12-14-26(13-11-18-7-9-20(25)10-8-18)16-19(22)15-24-17(2)5-4-6-23(21)24/h3-10,19,21-22H,1,11-16H2,2H3. The molecule has 2 heteroatoms. The van der Waals surface area contributed by atoms with E-state index in [9.17, 15) is 4.39 Å². The van der Waals surface area contributed by atoms with E-state index in [1.165, 1.54) is 36.1 Å². The Morgan fingerprint density at radius 1 is 1.19 bits per heavy atom. The van der Waals surface area contributed by atoms with E-state index in [1.807, 2.05) is 12.1 Å². The molecule has 1 saturated heterocycles. The van der Waals surface area contributed by atoms with Crippen LogP contribution in [0.2, 0.25) is 0 Å². The fourth-order valence-electron chi connectivity index (χ4n) is 5.07. The smallest absolute Gasteiger partial charge is 0.123 e. The Kier molecular flexibility index (Phi) is 4.95. The lowest BCUT2D eigenvalue weighted by Crippen LogP contribution is -2.45. The Labute approximate surface area is 156 Å². The molecule has 0 aromatic heterocycles. The molecule has 0 bridgehead atoms. The van der Waals surface area contributed by atoms with Gasteiger partial charge in [0.15, 0.2) is 0 Å². The van der Waals surface area contributed by atoms with Crippen molar-refractivity contribution in [2.24, 2.45) is 11.8 Å². The lowest BCUT2D eigenvalue weighted by molar-refractivity contribution is 0.104. The largest absolute Gasteiger partial charge is 0.303 e. The molecule has 1 nitrogen and oxygen atoms in total. The molecule has 3 atom stereocenters. The minimum Gasteiger partial charge on any atom is -0.303 e. The quantitative estimate of drug-likeness (QED) is 0.691. The molecule has 136 valence electrons. The average Bonchev–Trinajstić information content (AvgIpc) is 2.66. The number of benzene rings is 2. The summed E-state index contributed by atoms with van der Waals surface area (Å²) in [6.45, 7) is 9.80. The second kappa shape index (κ2) is 7.36. The Morgan fingerprint density at radius 3 is 2.77 bits per heavy atom. The van der Waals surface area contributed by atoms with Gasteiger partial charge in [-0.1, -0.05) is 36.4 Å². The monoisotopic (exact) mass is 349 g/mol. The van der Waals surface area contributed by atoms with E-state index in [1.54, 1.807) is 17.7 Å². The van der Waals surface area contributed by atoms with E-state index in [0.29, 0.717) is 11.8 Å². The number of allylic oxidation sites excluding steroid dienone is 1. The highest BCUT2D eigenvalue weighted by Gasteiger charge is 2.38. The van der Waals surface area contributed by atoms with Crippen molar-refractivity contribution in [3.63, 3.8) is 0 Å². The Morgan fingerprint density at radius 2 is 2.00 bits per heavy atom. The van der Waals surface area contributed by atoms with Crippen LogP contribution in [0, 0.1) is 24.6 Å². The first-order chi connectivity index (χ1) is 12.7. The molecule has 2 aromatic carbocycles. The summed E-state index contributed by atoms with van der Waals surface area (Å²) in [6, 6.07) is 13.7. The highest BCUT2D eigenvalue weighted by molar-refractivity contribution is 5.42. The summed E-state index contributed by atoms with van der Waals surface area (Å²) in [5.74, 6) is 1.79. The van der Waals surface area contributed by atoms with Gasteiger partial charge >= 0.3 is 0 Å². The number of nitrogens with zero attached hydrogens (tertiary/aromatic N) is 1. The molecule has 1 aliphatic carbocycles. The lowest BCUT2D eigenvalue weighted by Gasteiger charge is -2.45. The van der Waals surface area contributed by atoms with Crippen molar-refractivity contribution < 1.29 is 4.39 Å². The van der Waals surface area contributed by atoms with Crippen LogP contribution in [0.3, 0.4) is 0 Å². The summed E-state index contributed by atoms with van der Waals surface area (Å²) in [5.41, 5.74) is 5.72. The van der Waals surface area contributed by atoms with E-state index in [-0.39, 0.29) is 5.82 Å². The van der Waals surface area contributed by atoms with Gasteiger partial charge < -0.3 is 4.90 Å². The van der Waals surface area contributed by atoms with Crippen LogP contribution in [-0.4, -0.2) is 24.5 Å². The minimum absolute atomic E-state index is 0.152. The van der Waals surface area contributed by atoms with Crippen LogP contribution in [0.25, 0.3) is 0 Å². The molecule has 1 aliphatic heterocycles. The summed E-state index contributed by atoms with van der Waals surface area (Å²) in [5, 5.41) is 0. The molecule has 2 aromatic rings. The van der Waals surface area contributed by atoms with Gasteiger partial charge in [-0.25, -0.2) is 4.39 Å². The third-order valence-corrected chi connectivity index (χ3v) is 6.49. The van der Waals surface area contributed by atoms with Crippen LogP contribution in [0.4, 0.5) is 4.39 Å². The van der Waals surface area contributed by atoms with Gasteiger partial charge in [0, 0.05) is 19.0 Å². The van der Waals surface area contributed by atoms with Crippen molar-refractivity contribution in [1.29, 1.82) is 0 Å². The van der Waals surface area contributed by atoms with E-state index >= 15 is 0 Å². The number of hydrogen-bond acceptors (Lipinski definition) is 1. The number of piperidine rings is 1. The van der Waals surface area contributed by atoms with E-state index < -0.39 is 0 Å². The van der Waals surface area contributed by atoms with Gasteiger partial charge in [0.1, 0.15) is 5.82 Å². The molecule has 0 spiro atoms. The summed E-state index contributed by atoms with van der Waals surface area (Å²) in [4.78, 5) is 2.61. The van der Waals surface area contributed by atoms with E-state index in [4.69, 9.17) is 0 Å². The number of likely N-dealkylation sites (tertiary alicyclic amines) is 1. The molecular weight excluding hydrogens is 321 g/mol. The molecule has 0 radical (unpaired) electrons. The van der Waals surface area contributed by atoms with Gasteiger partial charge in [-0.2, -0.15) is 0 Å². The van der Waals surface area contributed by atoms with Gasteiger partial charge in [-0.15, -0.1) is 6.58 Å². The van der Waals surface area contributed by atoms with Crippen molar-refractivity contribution in [3.05, 3.63) is 83.2 Å². The second-order valence-corrected chi connectivity index (χ2v) is 8.00. The Bertz CT molecular complexity index is 779. The average molecular weight is 349 g/mol. The zero-order valence-corrected chi connectivity index (χ0v) is 15.6. The molecule has 1 heterocycles. The summed E-state index contributed by atoms with van der Waals surface area (Å²) in [7, 11) is 0. The van der Waals surface area contributed by atoms with E-state index in [2.05, 4.69) is 42.7 Å². The molecule has 0 N–H and O–H groups in total. The summed E-state index contributed by atoms with van der Waals surface area (Å²) < 4.78 is 13.1. The van der Waals surface area contributed by atoms with Crippen LogP contribution in [0.15, 0.2) is 55.1 Å². The number of hydrogen-bond donors (Lipinski definition) is 0. The first-order valence-electron chi connectivity index (χ1n) is 9.83. The van der Waals surface area contributed by atoms with Crippen molar-refractivity contribution in [2.75, 3.05) is 19.6 Å². The second-order valence-electron chi connectivity index (χ2n) is 8.00. The van der Waals surface area contributed by atoms with Gasteiger partial charge in [-0.3, -0.25) is 0 Å². The zero-order valence-electron chi connectivity index (χ0n) is 15.6. The normalized spacial score (nSPS) is 25.4. The number of halogens is 1. The van der Waals surface area contributed by atoms with Crippen molar-refractivity contribution in [1.82, 2.24) is 4.90 Å². The third kappa shape index (κ3) is 3.35. The van der Waals surface area contributed by atoms with Gasteiger partial charge in [0.05, 0.1) is 0 Å². The Hall–Kier alpha value is -1.93. The predicted octanol–water partition coefficient (Wildman–Crippen LogP) is 5.14. The van der Waals surface area contributed by atoms with Gasteiger partial charge in [0.2, 0.25) is 0 Å². The number of aryl methyl sites for hydroxylation is 1. The highest BCUT2D eigenvalue weighted by Crippen LogP contribution is 2.45. The maximum Gasteiger partial charge on any atom is 0.123 e. The molecular formula is C24H28FN. The number of fused-ring (bicyclic) bond motifs is 2. The van der Waals surface area contributed by atoms with Crippen molar-refractivity contribution in [2.45, 2.75) is 32.1 Å². The summed E-state index contributed by atoms with van der Waals surface area (Å²) >= 11 is 0. The molecule has 0 amide bonds. The molecule has 0 saturated carbocycles. The first kappa shape index (κ1) is 17.5. The zero-order chi connectivity index (χ0) is 18.1. The summed E-state index contributed by atoms with van der Waals surface area (Å²) in [6.07, 6.45) is 5.63. The van der Waals surface area contributed by atoms with Crippen molar-refractivity contribution >= 4 is 0 Å². The lowest BCUT2D eigenvalue weighted by atomic mass is 9.65. The van der Waals surface area contributed by atoms with Crippen LogP contribution >= 0.6 is 0 Å². The van der Waals surface area contributed by atoms with Crippen LogP contribution < -0.4 is 0 Å². The molecule has 3 unspecified atom stereocenters. The predicted molar refractivity (Wildman–Crippen MR) is 106 cm³/mol. The van der Waals surface area contributed by atoms with E-state index in [0.717, 1.165) is 25.4 Å². The van der Waals surface area contributed by atoms with Crippen LogP contribution in [0.5, 0.6) is 0 Å². The number of rotatable bonds is 4. The van der Waals surface area contributed by atoms with Crippen LogP contribution in [0.1, 0.15) is 34.6 Å². The highest BCUT2D eigenvalue weighted by atomic mass is 19.1. The molecule has 26 heavy (non-hydrogen) atoms. The van der Waals surface area contributed by atoms with Gasteiger partial charge in [0.25, 0.3) is 0 Å². The van der Waals surface area contributed by atoms with Gasteiger partial charge in [-0.05, 0) is 79.0 Å². The minimum atomic E-state index is -0.152. The fourth-order valence-corrected chi connectivity index (χ4v) is 5.07. The van der Waals surface area contributed by atoms with Crippen LogP contribution in [-0.2, 0) is 12.8 Å². The fraction of sp³-hybridized carbons (Fsp3) is 0.417. The SMILES string of the molecule is C=CC1c2cccc(C)c2CC2CN(CCc3ccc(F)cc3)CCC21. The van der Waals surface area contributed by atoms with Crippen molar-refractivity contribution in [3.8, 4) is 0 Å². The molecule has 1 fully saturated rings. The first-order valence-corrected chi connectivity index (χ1v) is 9.83. The topological polar surface area (TPSA) is 3.24 Å². The third-order valence-electron chi connectivity index (χ3n) is 6.49.